The van der Waals surface area contributed by atoms with E-state index in [2.05, 4.69) is 10.3 Å². The zero-order valence-corrected chi connectivity index (χ0v) is 9.04. The molecule has 0 bridgehead atoms. The summed E-state index contributed by atoms with van der Waals surface area (Å²) in [5.41, 5.74) is 7.70. The molecule has 0 aliphatic carbocycles. The topological polar surface area (TPSA) is 54.2 Å². The van der Waals surface area contributed by atoms with E-state index >= 15 is 0 Å². The van der Waals surface area contributed by atoms with Crippen LogP contribution in [0.3, 0.4) is 0 Å². The Bertz CT molecular complexity index is 298. The van der Waals surface area contributed by atoms with E-state index < -0.39 is 0 Å². The summed E-state index contributed by atoms with van der Waals surface area (Å²) in [4.78, 5) is 6.35. The highest BCUT2D eigenvalue weighted by molar-refractivity contribution is 5.62. The van der Waals surface area contributed by atoms with Crippen LogP contribution in [-0.2, 0) is 0 Å². The van der Waals surface area contributed by atoms with Gasteiger partial charge in [-0.1, -0.05) is 0 Å². The van der Waals surface area contributed by atoms with E-state index in [1.54, 1.807) is 0 Å². The van der Waals surface area contributed by atoms with Crippen molar-refractivity contribution in [2.45, 2.75) is 6.92 Å². The van der Waals surface area contributed by atoms with E-state index in [1.807, 2.05) is 38.2 Å². The van der Waals surface area contributed by atoms with Crippen LogP contribution in [0.15, 0.2) is 12.3 Å². The average molecular weight is 194 g/mol. The molecule has 0 radical (unpaired) electrons. The lowest BCUT2D eigenvalue weighted by Crippen LogP contribution is -2.28. The molecule has 4 heteroatoms. The van der Waals surface area contributed by atoms with Crippen molar-refractivity contribution in [3.05, 3.63) is 17.8 Å². The molecule has 1 rings (SSSR count). The summed E-state index contributed by atoms with van der Waals surface area (Å²) in [6.07, 6.45) is 1.83. The van der Waals surface area contributed by atoms with E-state index in [-0.39, 0.29) is 0 Å². The molecule has 0 fully saturated rings. The number of pyridine rings is 1. The van der Waals surface area contributed by atoms with Gasteiger partial charge in [0.05, 0.1) is 5.69 Å². The van der Waals surface area contributed by atoms with E-state index in [0.717, 1.165) is 30.2 Å². The Balaban J connectivity index is 2.74. The molecule has 0 spiro atoms. The number of likely N-dealkylation sites (N-methyl/N-ethyl adjacent to an activating group) is 2. The summed E-state index contributed by atoms with van der Waals surface area (Å²) >= 11 is 0. The lowest BCUT2D eigenvalue weighted by Gasteiger charge is -2.19. The van der Waals surface area contributed by atoms with Gasteiger partial charge < -0.3 is 16.0 Å². The molecule has 78 valence electrons. The number of rotatable bonds is 4. The minimum atomic E-state index is 0.739. The van der Waals surface area contributed by atoms with Gasteiger partial charge in [0.1, 0.15) is 0 Å². The molecule has 0 amide bonds. The van der Waals surface area contributed by atoms with Gasteiger partial charge in [0.15, 0.2) is 5.82 Å². The van der Waals surface area contributed by atoms with Crippen LogP contribution in [0.2, 0.25) is 0 Å². The second-order valence-electron chi connectivity index (χ2n) is 3.45. The molecule has 4 nitrogen and oxygen atoms in total. The second-order valence-corrected chi connectivity index (χ2v) is 3.45. The molecule has 0 saturated carbocycles. The first-order valence-electron chi connectivity index (χ1n) is 4.73. The lowest BCUT2D eigenvalue weighted by atomic mass is 10.3. The van der Waals surface area contributed by atoms with Gasteiger partial charge in [0, 0.05) is 26.3 Å². The number of nitrogens with zero attached hydrogens (tertiary/aromatic N) is 2. The maximum atomic E-state index is 5.87. The first-order chi connectivity index (χ1) is 6.65. The Kier molecular flexibility index (Phi) is 3.71. The number of nitrogen functional groups attached to an aromatic ring is 1. The van der Waals surface area contributed by atoms with E-state index in [1.165, 1.54) is 0 Å². The van der Waals surface area contributed by atoms with E-state index in [4.69, 9.17) is 5.73 Å². The highest BCUT2D eigenvalue weighted by Gasteiger charge is 2.05. The Hall–Kier alpha value is -1.29. The minimum absolute atomic E-state index is 0.739. The van der Waals surface area contributed by atoms with Crippen LogP contribution in [0.1, 0.15) is 5.56 Å². The van der Waals surface area contributed by atoms with Gasteiger partial charge in [-0.3, -0.25) is 0 Å². The van der Waals surface area contributed by atoms with Crippen LogP contribution in [0.4, 0.5) is 11.5 Å². The maximum Gasteiger partial charge on any atom is 0.151 e. The van der Waals surface area contributed by atoms with Crippen molar-refractivity contribution in [1.82, 2.24) is 10.3 Å². The van der Waals surface area contributed by atoms with Gasteiger partial charge in [0.2, 0.25) is 0 Å². The summed E-state index contributed by atoms with van der Waals surface area (Å²) in [5, 5.41) is 3.09. The summed E-state index contributed by atoms with van der Waals surface area (Å²) < 4.78 is 0. The van der Waals surface area contributed by atoms with Crippen molar-refractivity contribution in [2.24, 2.45) is 0 Å². The smallest absolute Gasteiger partial charge is 0.151 e. The van der Waals surface area contributed by atoms with Crippen molar-refractivity contribution in [3.63, 3.8) is 0 Å². The molecular weight excluding hydrogens is 176 g/mol. The Morgan fingerprint density at radius 1 is 1.57 bits per heavy atom. The molecule has 0 saturated heterocycles. The van der Waals surface area contributed by atoms with Gasteiger partial charge in [-0.05, 0) is 25.6 Å². The van der Waals surface area contributed by atoms with Crippen molar-refractivity contribution < 1.29 is 0 Å². The molecule has 1 aromatic rings. The third-order valence-electron chi connectivity index (χ3n) is 2.09. The predicted molar refractivity (Wildman–Crippen MR) is 60.6 cm³/mol. The summed E-state index contributed by atoms with van der Waals surface area (Å²) in [6.45, 7) is 3.81. The number of hydrogen-bond donors (Lipinski definition) is 2. The van der Waals surface area contributed by atoms with Crippen molar-refractivity contribution in [1.29, 1.82) is 0 Å². The van der Waals surface area contributed by atoms with Crippen LogP contribution in [0, 0.1) is 6.92 Å². The first kappa shape index (κ1) is 10.8. The summed E-state index contributed by atoms with van der Waals surface area (Å²) in [7, 11) is 3.92. The van der Waals surface area contributed by atoms with Crippen molar-refractivity contribution >= 4 is 11.5 Å². The molecule has 1 aromatic heterocycles. The number of aryl methyl sites for hydroxylation is 1. The fraction of sp³-hybridized carbons (Fsp3) is 0.500. The minimum Gasteiger partial charge on any atom is -0.396 e. The van der Waals surface area contributed by atoms with Crippen LogP contribution in [-0.4, -0.2) is 32.2 Å². The van der Waals surface area contributed by atoms with Gasteiger partial charge in [0.25, 0.3) is 0 Å². The highest BCUT2D eigenvalue weighted by Crippen LogP contribution is 2.18. The quantitative estimate of drug-likeness (QED) is 0.738. The normalized spacial score (nSPS) is 10.2. The third-order valence-corrected chi connectivity index (χ3v) is 2.09. The van der Waals surface area contributed by atoms with Crippen LogP contribution in [0.5, 0.6) is 0 Å². The highest BCUT2D eigenvalue weighted by atomic mass is 15.2. The molecule has 0 aliphatic rings. The SMILES string of the molecule is CNCCN(C)c1ncc(C)cc1N. The molecular formula is C10H18N4. The molecule has 3 N–H and O–H groups in total. The second kappa shape index (κ2) is 4.81. The maximum absolute atomic E-state index is 5.87. The van der Waals surface area contributed by atoms with Crippen molar-refractivity contribution in [3.8, 4) is 0 Å². The number of anilines is 2. The van der Waals surface area contributed by atoms with Gasteiger partial charge in [-0.15, -0.1) is 0 Å². The fourth-order valence-electron chi connectivity index (χ4n) is 1.29. The van der Waals surface area contributed by atoms with Crippen molar-refractivity contribution in [2.75, 3.05) is 37.8 Å². The largest absolute Gasteiger partial charge is 0.396 e. The molecule has 0 unspecified atom stereocenters. The number of nitrogens with one attached hydrogen (secondary N) is 1. The zero-order chi connectivity index (χ0) is 10.6. The molecule has 1 heterocycles. The Morgan fingerprint density at radius 3 is 2.86 bits per heavy atom. The number of hydrogen-bond acceptors (Lipinski definition) is 4. The molecule has 0 aromatic carbocycles. The lowest BCUT2D eigenvalue weighted by molar-refractivity contribution is 0.762. The van der Waals surface area contributed by atoms with Crippen LogP contribution < -0.4 is 16.0 Å². The van der Waals surface area contributed by atoms with E-state index in [9.17, 15) is 0 Å². The van der Waals surface area contributed by atoms with Gasteiger partial charge >= 0.3 is 0 Å². The predicted octanol–water partition coefficient (Wildman–Crippen LogP) is 0.628. The molecule has 0 aliphatic heterocycles. The third kappa shape index (κ3) is 2.60. The monoisotopic (exact) mass is 194 g/mol. The number of nitrogens with two attached hydrogens (primary N) is 1. The molecule has 0 atom stereocenters. The zero-order valence-electron chi connectivity index (χ0n) is 9.04. The molecule has 14 heavy (non-hydrogen) atoms. The number of aromatic nitrogens is 1. The van der Waals surface area contributed by atoms with Gasteiger partial charge in [-0.2, -0.15) is 0 Å². The summed E-state index contributed by atoms with van der Waals surface area (Å²) in [6, 6.07) is 1.94. The van der Waals surface area contributed by atoms with Gasteiger partial charge in [-0.25, -0.2) is 4.98 Å². The Labute approximate surface area is 85.1 Å². The summed E-state index contributed by atoms with van der Waals surface area (Å²) in [5.74, 6) is 0.853. The average Bonchev–Trinajstić information content (AvgIpc) is 2.14. The Morgan fingerprint density at radius 2 is 2.29 bits per heavy atom. The first-order valence-corrected chi connectivity index (χ1v) is 4.73. The standard InChI is InChI=1S/C10H18N4/c1-8-6-9(11)10(13-7-8)14(3)5-4-12-2/h6-7,12H,4-5,11H2,1-3H3. The van der Waals surface area contributed by atoms with Crippen LogP contribution >= 0.6 is 0 Å². The fourth-order valence-corrected chi connectivity index (χ4v) is 1.29. The van der Waals surface area contributed by atoms with E-state index in [0.29, 0.717) is 0 Å². The van der Waals surface area contributed by atoms with Crippen LogP contribution in [0.25, 0.3) is 0 Å².